The second kappa shape index (κ2) is 16.4. The van der Waals surface area contributed by atoms with Crippen LogP contribution < -0.4 is 0 Å². The van der Waals surface area contributed by atoms with E-state index in [0.29, 0.717) is 6.42 Å². The molecule has 0 aromatic rings. The summed E-state index contributed by atoms with van der Waals surface area (Å²) >= 11 is 0. The number of halogens is 1. The topological polar surface area (TPSA) is 23.6 Å². The Morgan fingerprint density at radius 2 is 1.90 bits per heavy atom. The number of nitrogens with zero attached hydrogens (tertiary/aromatic N) is 2. The summed E-state index contributed by atoms with van der Waals surface area (Å²) in [5.41, 5.74) is 1.95. The number of urea groups is 1. The van der Waals surface area contributed by atoms with Gasteiger partial charge in [0, 0.05) is 26.2 Å². The molecule has 2 amide bonds. The van der Waals surface area contributed by atoms with Gasteiger partial charge in [0.15, 0.2) is 0 Å². The van der Waals surface area contributed by atoms with Crippen molar-refractivity contribution in [3.63, 3.8) is 0 Å². The highest BCUT2D eigenvalue weighted by Gasteiger charge is 2.22. The molecule has 0 rings (SSSR count). The molecule has 30 heavy (non-hydrogen) atoms. The van der Waals surface area contributed by atoms with Crippen LogP contribution >= 0.6 is 0 Å². The SMILES string of the molecule is C=C/C=C/C(CC/C=C\C)N(C)C(=O)N(C)C(/C=C\C/C(F)=C/CC)=C(/C)CCC. The lowest BCUT2D eigenvalue weighted by Crippen LogP contribution is -2.43. The zero-order valence-corrected chi connectivity index (χ0v) is 19.8. The molecule has 0 N–H and O–H groups in total. The van der Waals surface area contributed by atoms with Crippen LogP contribution in [0.5, 0.6) is 0 Å². The van der Waals surface area contributed by atoms with Crippen LogP contribution in [0.25, 0.3) is 0 Å². The summed E-state index contributed by atoms with van der Waals surface area (Å²) in [6, 6.07) is -0.121. The van der Waals surface area contributed by atoms with Gasteiger partial charge in [-0.3, -0.25) is 4.90 Å². The average molecular weight is 417 g/mol. The molecule has 0 aromatic carbocycles. The van der Waals surface area contributed by atoms with Crippen LogP contribution in [-0.4, -0.2) is 36.0 Å². The summed E-state index contributed by atoms with van der Waals surface area (Å²) in [5, 5.41) is 0. The first-order valence-corrected chi connectivity index (χ1v) is 11.0. The molecule has 1 atom stereocenters. The Kier molecular flexibility index (Phi) is 15.1. The van der Waals surface area contributed by atoms with Gasteiger partial charge in [-0.1, -0.05) is 69.4 Å². The van der Waals surface area contributed by atoms with E-state index in [9.17, 15) is 9.18 Å². The average Bonchev–Trinajstić information content (AvgIpc) is 2.72. The number of carbonyl (C=O) groups is 1. The molecule has 0 spiro atoms. The summed E-state index contributed by atoms with van der Waals surface area (Å²) in [4.78, 5) is 16.7. The number of allylic oxidation sites excluding steroid dienone is 9. The summed E-state index contributed by atoms with van der Waals surface area (Å²) in [5.74, 6) is -0.147. The van der Waals surface area contributed by atoms with Crippen LogP contribution in [0.4, 0.5) is 9.18 Å². The van der Waals surface area contributed by atoms with E-state index in [-0.39, 0.29) is 24.3 Å². The largest absolute Gasteiger partial charge is 0.324 e. The van der Waals surface area contributed by atoms with Crippen molar-refractivity contribution >= 4 is 6.03 Å². The fourth-order valence-corrected chi connectivity index (χ4v) is 3.17. The summed E-state index contributed by atoms with van der Waals surface area (Å²) in [7, 11) is 3.61. The van der Waals surface area contributed by atoms with E-state index in [1.54, 1.807) is 35.1 Å². The minimum atomic E-state index is -0.147. The standard InChI is InChI=1S/C26H41FN2O/c1-8-12-14-20-24(19-13-9-2)28(6)26(30)29(7)25(22(5)16-10-3)21-15-18-23(27)17-11-4/h8-9,12-13,15,17,19,21,24H,2,10-11,14,16,18,20H2,1,3-7H3/b12-8-,19-13+,21-15-,23-17-,25-22-. The van der Waals surface area contributed by atoms with Crippen LogP contribution in [0.1, 0.15) is 66.2 Å². The smallest absolute Gasteiger partial charge is 0.321 e. The lowest BCUT2D eigenvalue weighted by atomic mass is 10.1. The van der Waals surface area contributed by atoms with Crippen molar-refractivity contribution in [1.82, 2.24) is 9.80 Å². The van der Waals surface area contributed by atoms with Gasteiger partial charge in [0.25, 0.3) is 0 Å². The van der Waals surface area contributed by atoms with Crippen LogP contribution in [0, 0.1) is 0 Å². The Morgan fingerprint density at radius 1 is 1.20 bits per heavy atom. The van der Waals surface area contributed by atoms with Crippen LogP contribution in [0.15, 0.2) is 72.3 Å². The van der Waals surface area contributed by atoms with E-state index in [0.717, 1.165) is 37.0 Å². The lowest BCUT2D eigenvalue weighted by molar-refractivity contribution is 0.173. The Labute approximate surface area is 184 Å². The van der Waals surface area contributed by atoms with E-state index in [1.807, 2.05) is 52.1 Å². The molecule has 0 fully saturated rings. The summed E-state index contributed by atoms with van der Waals surface area (Å²) in [6.07, 6.45) is 19.5. The third-order valence-corrected chi connectivity index (χ3v) is 4.86. The Bertz CT molecular complexity index is 671. The molecule has 0 bridgehead atoms. The summed E-state index contributed by atoms with van der Waals surface area (Å²) in [6.45, 7) is 11.8. The molecule has 1 unspecified atom stereocenters. The maximum atomic E-state index is 13.7. The molecule has 4 heteroatoms. The number of hydrogen-bond acceptors (Lipinski definition) is 1. The molecule has 168 valence electrons. The third-order valence-electron chi connectivity index (χ3n) is 4.86. The molecule has 0 radical (unpaired) electrons. The van der Waals surface area contributed by atoms with E-state index < -0.39 is 0 Å². The normalized spacial score (nSPS) is 14.4. The fraction of sp³-hybridized carbons (Fsp3) is 0.500. The third kappa shape index (κ3) is 10.4. The first-order valence-electron chi connectivity index (χ1n) is 11.0. The minimum Gasteiger partial charge on any atom is -0.321 e. The molecule has 0 aromatic heterocycles. The second-order valence-electron chi connectivity index (χ2n) is 7.37. The molecule has 0 heterocycles. The number of hydrogen-bond donors (Lipinski definition) is 0. The van der Waals surface area contributed by atoms with Gasteiger partial charge in [-0.25, -0.2) is 9.18 Å². The van der Waals surface area contributed by atoms with E-state index in [4.69, 9.17) is 0 Å². The monoisotopic (exact) mass is 416 g/mol. The van der Waals surface area contributed by atoms with E-state index in [1.165, 1.54) is 0 Å². The van der Waals surface area contributed by atoms with Gasteiger partial charge in [-0.15, -0.1) is 0 Å². The van der Waals surface area contributed by atoms with Gasteiger partial charge in [0.1, 0.15) is 0 Å². The van der Waals surface area contributed by atoms with Crippen molar-refractivity contribution < 1.29 is 9.18 Å². The van der Waals surface area contributed by atoms with Gasteiger partial charge >= 0.3 is 6.03 Å². The predicted octanol–water partition coefficient (Wildman–Crippen LogP) is 7.72. The zero-order valence-electron chi connectivity index (χ0n) is 19.8. The van der Waals surface area contributed by atoms with Crippen LogP contribution in [0.2, 0.25) is 0 Å². The maximum absolute atomic E-state index is 13.7. The summed E-state index contributed by atoms with van der Waals surface area (Å²) < 4.78 is 13.7. The van der Waals surface area contributed by atoms with Gasteiger partial charge in [-0.05, 0) is 51.2 Å². The Hall–Kier alpha value is -2.36. The molecular formula is C26H41FN2O. The number of likely N-dealkylation sites (N-methyl/N-ethyl adjacent to an activating group) is 2. The van der Waals surface area contributed by atoms with E-state index >= 15 is 0 Å². The van der Waals surface area contributed by atoms with Crippen molar-refractivity contribution in [2.75, 3.05) is 14.1 Å². The molecule has 0 saturated heterocycles. The van der Waals surface area contributed by atoms with Crippen molar-refractivity contribution in [2.45, 2.75) is 72.3 Å². The highest BCUT2D eigenvalue weighted by molar-refractivity contribution is 5.77. The van der Waals surface area contributed by atoms with Gasteiger partial charge in [0.2, 0.25) is 0 Å². The molecule has 0 saturated carbocycles. The molecule has 3 nitrogen and oxygen atoms in total. The molecule has 0 aliphatic heterocycles. The van der Waals surface area contributed by atoms with Crippen molar-refractivity contribution in [3.8, 4) is 0 Å². The molecule has 0 aliphatic rings. The Balaban J connectivity index is 5.64. The predicted molar refractivity (Wildman–Crippen MR) is 129 cm³/mol. The quantitative estimate of drug-likeness (QED) is 0.223. The highest BCUT2D eigenvalue weighted by Crippen LogP contribution is 2.20. The second-order valence-corrected chi connectivity index (χ2v) is 7.37. The zero-order chi connectivity index (χ0) is 22.9. The number of amides is 2. The van der Waals surface area contributed by atoms with Crippen molar-refractivity contribution in [2.24, 2.45) is 0 Å². The lowest BCUT2D eigenvalue weighted by Gasteiger charge is -2.31. The van der Waals surface area contributed by atoms with Gasteiger partial charge in [-0.2, -0.15) is 0 Å². The van der Waals surface area contributed by atoms with Crippen molar-refractivity contribution in [1.29, 1.82) is 0 Å². The highest BCUT2D eigenvalue weighted by atomic mass is 19.1. The Morgan fingerprint density at radius 3 is 2.47 bits per heavy atom. The minimum absolute atomic E-state index is 0.0317. The van der Waals surface area contributed by atoms with E-state index in [2.05, 4.69) is 19.6 Å². The maximum Gasteiger partial charge on any atom is 0.324 e. The van der Waals surface area contributed by atoms with Crippen molar-refractivity contribution in [3.05, 3.63) is 72.3 Å². The molecule has 0 aliphatic carbocycles. The van der Waals surface area contributed by atoms with Gasteiger partial charge < -0.3 is 4.90 Å². The number of rotatable bonds is 13. The first-order chi connectivity index (χ1) is 14.3. The van der Waals surface area contributed by atoms with Crippen LogP contribution in [-0.2, 0) is 0 Å². The first kappa shape index (κ1) is 27.6. The van der Waals surface area contributed by atoms with Crippen LogP contribution in [0.3, 0.4) is 0 Å². The van der Waals surface area contributed by atoms with Gasteiger partial charge in [0.05, 0.1) is 11.9 Å². The fourth-order valence-electron chi connectivity index (χ4n) is 3.17. The number of carbonyl (C=O) groups excluding carboxylic acids is 1. The molecular weight excluding hydrogens is 375 g/mol.